The third-order valence-electron chi connectivity index (χ3n) is 1.87. The molecule has 2 aromatic heterocycles. The van der Waals surface area contributed by atoms with Crippen molar-refractivity contribution in [3.63, 3.8) is 0 Å². The van der Waals surface area contributed by atoms with Gasteiger partial charge in [-0.3, -0.25) is 0 Å². The first-order valence-corrected chi connectivity index (χ1v) is 4.69. The number of rotatable bonds is 3. The summed E-state index contributed by atoms with van der Waals surface area (Å²) in [5.41, 5.74) is 1.42. The van der Waals surface area contributed by atoms with E-state index in [0.717, 1.165) is 5.58 Å². The van der Waals surface area contributed by atoms with Gasteiger partial charge in [0.15, 0.2) is 11.2 Å². The summed E-state index contributed by atoms with van der Waals surface area (Å²) >= 11 is 0. The van der Waals surface area contributed by atoms with Gasteiger partial charge < -0.3 is 9.73 Å². The SMILES string of the molecule is CC(C)NCc1nc2ncccc2o1. The van der Waals surface area contributed by atoms with Crippen molar-refractivity contribution in [2.75, 3.05) is 0 Å². The maximum Gasteiger partial charge on any atom is 0.211 e. The van der Waals surface area contributed by atoms with Crippen LogP contribution in [-0.4, -0.2) is 16.0 Å². The van der Waals surface area contributed by atoms with Gasteiger partial charge >= 0.3 is 0 Å². The molecule has 0 fully saturated rings. The van der Waals surface area contributed by atoms with Gasteiger partial charge in [0.25, 0.3) is 0 Å². The summed E-state index contributed by atoms with van der Waals surface area (Å²) < 4.78 is 5.48. The van der Waals surface area contributed by atoms with E-state index in [2.05, 4.69) is 29.1 Å². The van der Waals surface area contributed by atoms with Crippen molar-refractivity contribution in [3.8, 4) is 0 Å². The van der Waals surface area contributed by atoms with Crippen molar-refractivity contribution in [1.29, 1.82) is 0 Å². The molecule has 74 valence electrons. The van der Waals surface area contributed by atoms with E-state index in [1.54, 1.807) is 6.20 Å². The Morgan fingerprint density at radius 2 is 2.36 bits per heavy atom. The first-order chi connectivity index (χ1) is 6.75. The molecule has 1 N–H and O–H groups in total. The molecule has 4 heteroatoms. The minimum atomic E-state index is 0.429. The average Bonchev–Trinajstić information content (AvgIpc) is 2.57. The van der Waals surface area contributed by atoms with Crippen molar-refractivity contribution in [3.05, 3.63) is 24.2 Å². The van der Waals surface area contributed by atoms with Crippen LogP contribution in [0.2, 0.25) is 0 Å². The van der Waals surface area contributed by atoms with Crippen LogP contribution >= 0.6 is 0 Å². The predicted molar refractivity (Wildman–Crippen MR) is 53.8 cm³/mol. The zero-order chi connectivity index (χ0) is 9.97. The van der Waals surface area contributed by atoms with E-state index >= 15 is 0 Å². The van der Waals surface area contributed by atoms with E-state index in [1.165, 1.54) is 0 Å². The normalized spacial score (nSPS) is 11.4. The van der Waals surface area contributed by atoms with Crippen molar-refractivity contribution < 1.29 is 4.42 Å². The molecule has 14 heavy (non-hydrogen) atoms. The molecule has 0 aliphatic rings. The largest absolute Gasteiger partial charge is 0.438 e. The smallest absolute Gasteiger partial charge is 0.211 e. The molecule has 2 rings (SSSR count). The molecule has 0 aliphatic heterocycles. The lowest BCUT2D eigenvalue weighted by atomic mass is 10.4. The van der Waals surface area contributed by atoms with E-state index in [-0.39, 0.29) is 0 Å². The molecule has 0 aromatic carbocycles. The van der Waals surface area contributed by atoms with Gasteiger partial charge in [-0.2, -0.15) is 4.98 Å². The van der Waals surface area contributed by atoms with Crippen LogP contribution in [0.1, 0.15) is 19.7 Å². The molecule has 4 nitrogen and oxygen atoms in total. The topological polar surface area (TPSA) is 51.0 Å². The number of hydrogen-bond donors (Lipinski definition) is 1. The van der Waals surface area contributed by atoms with Gasteiger partial charge in [-0.15, -0.1) is 0 Å². The number of fused-ring (bicyclic) bond motifs is 1. The summed E-state index contributed by atoms with van der Waals surface area (Å²) in [4.78, 5) is 8.34. The Morgan fingerprint density at radius 3 is 3.07 bits per heavy atom. The Kier molecular flexibility index (Phi) is 2.45. The van der Waals surface area contributed by atoms with Gasteiger partial charge in [0.1, 0.15) is 0 Å². The molecular weight excluding hydrogens is 178 g/mol. The zero-order valence-corrected chi connectivity index (χ0v) is 8.32. The predicted octanol–water partition coefficient (Wildman–Crippen LogP) is 1.72. The lowest BCUT2D eigenvalue weighted by molar-refractivity contribution is 0.472. The summed E-state index contributed by atoms with van der Waals surface area (Å²) in [5, 5.41) is 3.24. The first-order valence-electron chi connectivity index (χ1n) is 4.69. The summed E-state index contributed by atoms with van der Waals surface area (Å²) in [7, 11) is 0. The molecule has 0 saturated heterocycles. The first kappa shape index (κ1) is 9.15. The van der Waals surface area contributed by atoms with Crippen molar-refractivity contribution in [2.45, 2.75) is 26.4 Å². The maximum absolute atomic E-state index is 5.48. The van der Waals surface area contributed by atoms with E-state index < -0.39 is 0 Å². The van der Waals surface area contributed by atoms with Crippen molar-refractivity contribution in [2.24, 2.45) is 0 Å². The molecule has 0 atom stereocenters. The number of aromatic nitrogens is 2. The van der Waals surface area contributed by atoms with Crippen LogP contribution in [0.4, 0.5) is 0 Å². The standard InChI is InChI=1S/C10H13N3O/c1-7(2)12-6-9-13-10-8(14-9)4-3-5-11-10/h3-5,7,12H,6H2,1-2H3. The lowest BCUT2D eigenvalue weighted by Crippen LogP contribution is -2.21. The molecule has 0 spiro atoms. The van der Waals surface area contributed by atoms with Crippen LogP contribution in [0, 0.1) is 0 Å². The second-order valence-corrected chi connectivity index (χ2v) is 3.47. The minimum absolute atomic E-state index is 0.429. The number of oxazole rings is 1. The Hall–Kier alpha value is -1.42. The Bertz CT molecular complexity index is 389. The van der Waals surface area contributed by atoms with Crippen LogP contribution in [0.25, 0.3) is 11.2 Å². The molecule has 0 saturated carbocycles. The third-order valence-corrected chi connectivity index (χ3v) is 1.87. The average molecular weight is 191 g/mol. The summed E-state index contributed by atoms with van der Waals surface area (Å²) in [5.74, 6) is 0.687. The van der Waals surface area contributed by atoms with E-state index in [4.69, 9.17) is 4.42 Å². The van der Waals surface area contributed by atoms with Gasteiger partial charge in [-0.05, 0) is 12.1 Å². The van der Waals surface area contributed by atoms with E-state index in [0.29, 0.717) is 24.1 Å². The Labute approximate surface area is 82.4 Å². The van der Waals surface area contributed by atoms with Gasteiger partial charge in [0, 0.05) is 12.2 Å². The third kappa shape index (κ3) is 1.90. The number of hydrogen-bond acceptors (Lipinski definition) is 4. The second-order valence-electron chi connectivity index (χ2n) is 3.47. The van der Waals surface area contributed by atoms with Crippen LogP contribution in [-0.2, 0) is 6.54 Å². The van der Waals surface area contributed by atoms with Crippen LogP contribution in [0.5, 0.6) is 0 Å². The second kappa shape index (κ2) is 3.75. The summed E-state index contributed by atoms with van der Waals surface area (Å²) in [6.45, 7) is 4.82. The monoisotopic (exact) mass is 191 g/mol. The Morgan fingerprint density at radius 1 is 1.50 bits per heavy atom. The molecule has 0 amide bonds. The fraction of sp³-hybridized carbons (Fsp3) is 0.400. The van der Waals surface area contributed by atoms with Crippen LogP contribution in [0.15, 0.2) is 22.7 Å². The highest BCUT2D eigenvalue weighted by Crippen LogP contribution is 2.11. The van der Waals surface area contributed by atoms with Gasteiger partial charge in [0.2, 0.25) is 5.89 Å². The molecule has 0 aliphatic carbocycles. The Balaban J connectivity index is 2.19. The molecular formula is C10H13N3O. The highest BCUT2D eigenvalue weighted by molar-refractivity contribution is 5.66. The molecule has 2 heterocycles. The fourth-order valence-electron chi connectivity index (χ4n) is 1.18. The molecule has 0 unspecified atom stereocenters. The zero-order valence-electron chi connectivity index (χ0n) is 8.32. The quantitative estimate of drug-likeness (QED) is 0.802. The summed E-state index contributed by atoms with van der Waals surface area (Å²) in [6, 6.07) is 4.14. The number of nitrogens with zero attached hydrogens (tertiary/aromatic N) is 2. The highest BCUT2D eigenvalue weighted by atomic mass is 16.3. The van der Waals surface area contributed by atoms with Crippen molar-refractivity contribution >= 4 is 11.2 Å². The van der Waals surface area contributed by atoms with Crippen molar-refractivity contribution in [1.82, 2.24) is 15.3 Å². The van der Waals surface area contributed by atoms with Crippen LogP contribution in [0.3, 0.4) is 0 Å². The molecule has 0 radical (unpaired) electrons. The summed E-state index contributed by atoms with van der Waals surface area (Å²) in [6.07, 6.45) is 1.71. The molecule has 0 bridgehead atoms. The number of nitrogens with one attached hydrogen (secondary N) is 1. The van der Waals surface area contributed by atoms with E-state index in [9.17, 15) is 0 Å². The van der Waals surface area contributed by atoms with Gasteiger partial charge in [0.05, 0.1) is 6.54 Å². The van der Waals surface area contributed by atoms with E-state index in [1.807, 2.05) is 12.1 Å². The fourth-order valence-corrected chi connectivity index (χ4v) is 1.18. The van der Waals surface area contributed by atoms with Gasteiger partial charge in [-0.25, -0.2) is 4.98 Å². The van der Waals surface area contributed by atoms with Crippen LogP contribution < -0.4 is 5.32 Å². The maximum atomic E-state index is 5.48. The van der Waals surface area contributed by atoms with Gasteiger partial charge in [-0.1, -0.05) is 13.8 Å². The highest BCUT2D eigenvalue weighted by Gasteiger charge is 2.05. The minimum Gasteiger partial charge on any atom is -0.438 e. The lowest BCUT2D eigenvalue weighted by Gasteiger charge is -2.03. The number of pyridine rings is 1. The molecule has 2 aromatic rings.